The predicted molar refractivity (Wildman–Crippen MR) is 63.6 cm³/mol. The molecule has 1 N–H and O–H groups in total. The molecule has 2 heterocycles. The second-order valence-corrected chi connectivity index (χ2v) is 4.22. The predicted octanol–water partition coefficient (Wildman–Crippen LogP) is 1.31. The minimum Gasteiger partial charge on any atom is -0.478 e. The van der Waals surface area contributed by atoms with Crippen molar-refractivity contribution in [2.45, 2.75) is 19.4 Å². The highest BCUT2D eigenvalue weighted by Gasteiger charge is 2.27. The number of methoxy groups -OCH3 is 1. The molecule has 1 aliphatic rings. The third-order valence-electron chi connectivity index (χ3n) is 3.13. The molecular weight excluding hydrogens is 220 g/mol. The van der Waals surface area contributed by atoms with Crippen LogP contribution in [0.15, 0.2) is 12.3 Å². The fraction of sp³-hybridized carbons (Fsp3) is 0.500. The summed E-state index contributed by atoms with van der Waals surface area (Å²) in [4.78, 5) is 17.4. The SMILES string of the molecule is COC1CCN(c2nccc(C)c2C(=O)O)C1. The Hall–Kier alpha value is -1.62. The average molecular weight is 236 g/mol. The molecule has 1 atom stereocenters. The van der Waals surface area contributed by atoms with Gasteiger partial charge in [-0.25, -0.2) is 9.78 Å². The van der Waals surface area contributed by atoms with E-state index in [0.717, 1.165) is 18.5 Å². The number of hydrogen-bond donors (Lipinski definition) is 1. The van der Waals surface area contributed by atoms with Crippen molar-refractivity contribution in [3.05, 3.63) is 23.4 Å². The van der Waals surface area contributed by atoms with E-state index in [4.69, 9.17) is 4.74 Å². The number of anilines is 1. The highest BCUT2D eigenvalue weighted by Crippen LogP contribution is 2.25. The van der Waals surface area contributed by atoms with E-state index in [1.807, 2.05) is 4.90 Å². The number of carboxylic acid groups (broad SMARTS) is 1. The molecule has 1 aliphatic heterocycles. The van der Waals surface area contributed by atoms with Gasteiger partial charge in [0.2, 0.25) is 0 Å². The van der Waals surface area contributed by atoms with Crippen LogP contribution < -0.4 is 4.90 Å². The number of carboxylic acids is 1. The smallest absolute Gasteiger partial charge is 0.339 e. The molecule has 0 bridgehead atoms. The maximum Gasteiger partial charge on any atom is 0.339 e. The van der Waals surface area contributed by atoms with Gasteiger partial charge in [-0.1, -0.05) is 0 Å². The van der Waals surface area contributed by atoms with Gasteiger partial charge >= 0.3 is 5.97 Å². The monoisotopic (exact) mass is 236 g/mol. The number of nitrogens with zero attached hydrogens (tertiary/aromatic N) is 2. The molecule has 0 aromatic carbocycles. The quantitative estimate of drug-likeness (QED) is 0.857. The van der Waals surface area contributed by atoms with Gasteiger partial charge in [0.25, 0.3) is 0 Å². The summed E-state index contributed by atoms with van der Waals surface area (Å²) in [7, 11) is 1.68. The zero-order chi connectivity index (χ0) is 12.4. The Morgan fingerprint density at radius 2 is 2.41 bits per heavy atom. The largest absolute Gasteiger partial charge is 0.478 e. The molecule has 1 saturated heterocycles. The van der Waals surface area contributed by atoms with E-state index in [1.54, 1.807) is 26.3 Å². The topological polar surface area (TPSA) is 62.7 Å². The van der Waals surface area contributed by atoms with Crippen LogP contribution >= 0.6 is 0 Å². The lowest BCUT2D eigenvalue weighted by Crippen LogP contribution is -2.25. The Balaban J connectivity index is 2.33. The van der Waals surface area contributed by atoms with E-state index in [-0.39, 0.29) is 6.10 Å². The Labute approximate surface area is 100 Å². The van der Waals surface area contributed by atoms with E-state index >= 15 is 0 Å². The summed E-state index contributed by atoms with van der Waals surface area (Å²) in [6.45, 7) is 3.28. The summed E-state index contributed by atoms with van der Waals surface area (Å²) in [6.07, 6.45) is 2.72. The van der Waals surface area contributed by atoms with Gasteiger partial charge in [-0.2, -0.15) is 0 Å². The van der Waals surface area contributed by atoms with Crippen molar-refractivity contribution in [3.63, 3.8) is 0 Å². The van der Waals surface area contributed by atoms with Crippen molar-refractivity contribution in [1.29, 1.82) is 0 Å². The van der Waals surface area contributed by atoms with Gasteiger partial charge in [0.1, 0.15) is 11.4 Å². The molecule has 0 spiro atoms. The molecule has 17 heavy (non-hydrogen) atoms. The molecule has 0 amide bonds. The maximum atomic E-state index is 11.3. The third kappa shape index (κ3) is 2.24. The zero-order valence-electron chi connectivity index (χ0n) is 10.0. The number of carbonyl (C=O) groups is 1. The first-order valence-corrected chi connectivity index (χ1v) is 5.60. The number of pyridine rings is 1. The number of aryl methyl sites for hydroxylation is 1. The van der Waals surface area contributed by atoms with E-state index in [2.05, 4.69) is 4.98 Å². The van der Waals surface area contributed by atoms with Gasteiger partial charge in [0.15, 0.2) is 0 Å². The average Bonchev–Trinajstić information content (AvgIpc) is 2.76. The molecule has 0 radical (unpaired) electrons. The molecule has 1 fully saturated rings. The van der Waals surface area contributed by atoms with Crippen molar-refractivity contribution in [3.8, 4) is 0 Å². The summed E-state index contributed by atoms with van der Waals surface area (Å²) >= 11 is 0. The van der Waals surface area contributed by atoms with Crippen LogP contribution in [-0.2, 0) is 4.74 Å². The normalized spacial score (nSPS) is 19.6. The number of rotatable bonds is 3. The Bertz CT molecular complexity index is 434. The van der Waals surface area contributed by atoms with Gasteiger partial charge < -0.3 is 14.7 Å². The molecule has 1 unspecified atom stereocenters. The summed E-state index contributed by atoms with van der Waals surface area (Å²) in [6, 6.07) is 1.72. The van der Waals surface area contributed by atoms with E-state index in [9.17, 15) is 9.90 Å². The first-order valence-electron chi connectivity index (χ1n) is 5.60. The van der Waals surface area contributed by atoms with Crippen LogP contribution in [-0.4, -0.2) is 42.4 Å². The number of ether oxygens (including phenoxy) is 1. The lowest BCUT2D eigenvalue weighted by Gasteiger charge is -2.19. The number of aromatic nitrogens is 1. The summed E-state index contributed by atoms with van der Waals surface area (Å²) < 4.78 is 5.28. The van der Waals surface area contributed by atoms with E-state index < -0.39 is 5.97 Å². The lowest BCUT2D eigenvalue weighted by molar-refractivity contribution is 0.0696. The van der Waals surface area contributed by atoms with Crippen LogP contribution in [0.5, 0.6) is 0 Å². The van der Waals surface area contributed by atoms with Crippen molar-refractivity contribution in [2.24, 2.45) is 0 Å². The standard InChI is InChI=1S/C12H16N2O3/c1-8-3-5-13-11(10(8)12(15)16)14-6-4-9(7-14)17-2/h3,5,9H,4,6-7H2,1-2H3,(H,15,16). The second kappa shape index (κ2) is 4.71. The molecule has 1 aromatic heterocycles. The molecule has 2 rings (SSSR count). The van der Waals surface area contributed by atoms with Crippen LogP contribution in [0.3, 0.4) is 0 Å². The van der Waals surface area contributed by atoms with Gasteiger partial charge in [-0.05, 0) is 25.0 Å². The highest BCUT2D eigenvalue weighted by atomic mass is 16.5. The van der Waals surface area contributed by atoms with Crippen molar-refractivity contribution < 1.29 is 14.6 Å². The first kappa shape index (κ1) is 11.9. The molecule has 0 aliphatic carbocycles. The van der Waals surface area contributed by atoms with E-state index in [0.29, 0.717) is 17.9 Å². The van der Waals surface area contributed by atoms with Crippen LogP contribution in [0, 0.1) is 6.92 Å². The van der Waals surface area contributed by atoms with Crippen LogP contribution in [0.4, 0.5) is 5.82 Å². The van der Waals surface area contributed by atoms with Gasteiger partial charge in [0.05, 0.1) is 6.10 Å². The number of aromatic carboxylic acids is 1. The number of hydrogen-bond acceptors (Lipinski definition) is 4. The van der Waals surface area contributed by atoms with Crippen LogP contribution in [0.2, 0.25) is 0 Å². The van der Waals surface area contributed by atoms with Gasteiger partial charge in [0, 0.05) is 26.4 Å². The van der Waals surface area contributed by atoms with Crippen molar-refractivity contribution >= 4 is 11.8 Å². The first-order chi connectivity index (χ1) is 8.13. The molecule has 92 valence electrons. The lowest BCUT2D eigenvalue weighted by atomic mass is 10.1. The van der Waals surface area contributed by atoms with Gasteiger partial charge in [-0.3, -0.25) is 0 Å². The van der Waals surface area contributed by atoms with Crippen LogP contribution in [0.25, 0.3) is 0 Å². The highest BCUT2D eigenvalue weighted by molar-refractivity contribution is 5.95. The summed E-state index contributed by atoms with van der Waals surface area (Å²) in [5, 5.41) is 9.23. The molecule has 5 nitrogen and oxygen atoms in total. The second-order valence-electron chi connectivity index (χ2n) is 4.22. The van der Waals surface area contributed by atoms with Crippen molar-refractivity contribution in [1.82, 2.24) is 4.98 Å². The van der Waals surface area contributed by atoms with Gasteiger partial charge in [-0.15, -0.1) is 0 Å². The Morgan fingerprint density at radius 3 is 3.00 bits per heavy atom. The fourth-order valence-corrected chi connectivity index (χ4v) is 2.16. The summed E-state index contributed by atoms with van der Waals surface area (Å²) in [5.41, 5.74) is 1.03. The Kier molecular flexibility index (Phi) is 3.28. The Morgan fingerprint density at radius 1 is 1.65 bits per heavy atom. The van der Waals surface area contributed by atoms with Crippen LogP contribution in [0.1, 0.15) is 22.3 Å². The zero-order valence-corrected chi connectivity index (χ0v) is 10.0. The minimum atomic E-state index is -0.925. The van der Waals surface area contributed by atoms with E-state index in [1.165, 1.54) is 0 Å². The minimum absolute atomic E-state index is 0.166. The summed E-state index contributed by atoms with van der Waals surface area (Å²) in [5.74, 6) is -0.372. The molecular formula is C12H16N2O3. The van der Waals surface area contributed by atoms with Crippen molar-refractivity contribution in [2.75, 3.05) is 25.1 Å². The molecule has 5 heteroatoms. The molecule has 1 aromatic rings. The maximum absolute atomic E-state index is 11.3. The third-order valence-corrected chi connectivity index (χ3v) is 3.13. The molecule has 0 saturated carbocycles. The fourth-order valence-electron chi connectivity index (χ4n) is 2.16.